The van der Waals surface area contributed by atoms with Crippen LogP contribution in [0, 0.1) is 0 Å². The number of carbonyl (C=O) groups is 6. The monoisotopic (exact) mass is 702 g/mol. The van der Waals surface area contributed by atoms with E-state index in [4.69, 9.17) is 10.8 Å². The topological polar surface area (TPSA) is 273 Å². The molecule has 0 aliphatic carbocycles. The number of hydrogen-bond acceptors (Lipinski definition) is 9. The van der Waals surface area contributed by atoms with E-state index in [1.165, 1.54) is 36.4 Å². The summed E-state index contributed by atoms with van der Waals surface area (Å²) in [4.78, 5) is 79.6. The van der Waals surface area contributed by atoms with Crippen molar-refractivity contribution in [2.75, 3.05) is 6.54 Å². The number of carbonyl (C=O) groups excluding carboxylic acids is 4. The number of carboxylic acid groups (broad SMARTS) is 2. The third kappa shape index (κ3) is 11.0. The molecule has 0 saturated heterocycles. The summed E-state index contributed by atoms with van der Waals surface area (Å²) < 4.78 is 0. The van der Waals surface area contributed by atoms with Gasteiger partial charge in [-0.1, -0.05) is 42.5 Å². The van der Waals surface area contributed by atoms with Gasteiger partial charge in [-0.3, -0.25) is 28.8 Å². The van der Waals surface area contributed by atoms with E-state index in [2.05, 4.69) is 26.3 Å². The van der Waals surface area contributed by atoms with Crippen LogP contribution < -0.4 is 27.0 Å². The molecular formula is C35H38N6O10. The molecule has 0 aliphatic heterocycles. The molecule has 16 heteroatoms. The van der Waals surface area contributed by atoms with Crippen molar-refractivity contribution in [3.8, 4) is 11.5 Å². The van der Waals surface area contributed by atoms with Crippen molar-refractivity contribution in [3.63, 3.8) is 0 Å². The fourth-order valence-corrected chi connectivity index (χ4v) is 5.28. The highest BCUT2D eigenvalue weighted by molar-refractivity contribution is 5.97. The van der Waals surface area contributed by atoms with Crippen molar-refractivity contribution in [3.05, 3.63) is 95.7 Å². The number of aromatic nitrogens is 1. The summed E-state index contributed by atoms with van der Waals surface area (Å²) in [7, 11) is 0. The van der Waals surface area contributed by atoms with Gasteiger partial charge in [0.1, 0.15) is 36.2 Å². The number of rotatable bonds is 17. The molecule has 0 radical (unpaired) electrons. The first-order valence-corrected chi connectivity index (χ1v) is 15.8. The lowest BCUT2D eigenvalue weighted by Gasteiger charge is -2.25. The van der Waals surface area contributed by atoms with Crippen molar-refractivity contribution in [2.45, 2.75) is 49.9 Å². The molecule has 0 fully saturated rings. The maximum Gasteiger partial charge on any atom is 0.322 e. The number of phenolic OH excluding ortho intramolecular Hbond substituents is 2. The molecule has 268 valence electrons. The normalized spacial score (nSPS) is 13.3. The first-order valence-electron chi connectivity index (χ1n) is 15.8. The quantitative estimate of drug-likeness (QED) is 0.0703. The first-order chi connectivity index (χ1) is 24.3. The van der Waals surface area contributed by atoms with Crippen LogP contribution in [0.1, 0.15) is 23.1 Å². The molecule has 11 N–H and O–H groups in total. The number of aromatic amines is 1. The van der Waals surface area contributed by atoms with Crippen molar-refractivity contribution < 1.29 is 49.2 Å². The summed E-state index contributed by atoms with van der Waals surface area (Å²) in [5.74, 6) is -6.39. The van der Waals surface area contributed by atoms with Gasteiger partial charge in [-0.25, -0.2) is 0 Å². The molecule has 51 heavy (non-hydrogen) atoms. The molecule has 3 aromatic carbocycles. The molecule has 1 aromatic heterocycles. The molecular weight excluding hydrogens is 664 g/mol. The maximum atomic E-state index is 13.9. The van der Waals surface area contributed by atoms with E-state index in [0.29, 0.717) is 16.7 Å². The number of benzene rings is 3. The van der Waals surface area contributed by atoms with Crippen LogP contribution in [-0.4, -0.2) is 91.7 Å². The zero-order valence-corrected chi connectivity index (χ0v) is 27.2. The predicted octanol–water partition coefficient (Wildman–Crippen LogP) is 0.0642. The number of nitrogens with two attached hydrogens (primary N) is 1. The van der Waals surface area contributed by atoms with Crippen LogP contribution in [0.15, 0.2) is 79.0 Å². The average Bonchev–Trinajstić information content (AvgIpc) is 3.50. The number of amides is 4. The molecule has 4 amide bonds. The van der Waals surface area contributed by atoms with Crippen LogP contribution in [0.5, 0.6) is 11.5 Å². The average molecular weight is 703 g/mol. The van der Waals surface area contributed by atoms with Gasteiger partial charge in [-0.05, 0) is 53.4 Å². The second-order valence-corrected chi connectivity index (χ2v) is 11.8. The van der Waals surface area contributed by atoms with E-state index in [1.54, 1.807) is 30.5 Å². The van der Waals surface area contributed by atoms with Gasteiger partial charge in [0.2, 0.25) is 23.6 Å². The fourth-order valence-electron chi connectivity index (χ4n) is 5.28. The van der Waals surface area contributed by atoms with E-state index < -0.39 is 72.7 Å². The Morgan fingerprint density at radius 2 is 1.16 bits per heavy atom. The highest BCUT2D eigenvalue weighted by Gasteiger charge is 2.32. The van der Waals surface area contributed by atoms with Gasteiger partial charge in [-0.15, -0.1) is 0 Å². The zero-order chi connectivity index (χ0) is 37.1. The summed E-state index contributed by atoms with van der Waals surface area (Å²) in [5, 5.41) is 48.3. The number of aromatic hydroxyl groups is 2. The van der Waals surface area contributed by atoms with Crippen molar-refractivity contribution in [2.24, 2.45) is 5.73 Å². The van der Waals surface area contributed by atoms with E-state index >= 15 is 0 Å². The summed E-state index contributed by atoms with van der Waals surface area (Å²) in [6.45, 7) is -0.724. The Morgan fingerprint density at radius 1 is 0.627 bits per heavy atom. The van der Waals surface area contributed by atoms with Crippen LogP contribution in [0.3, 0.4) is 0 Å². The van der Waals surface area contributed by atoms with Crippen LogP contribution in [0.2, 0.25) is 0 Å². The minimum absolute atomic E-state index is 0.00116. The Kier molecular flexibility index (Phi) is 12.7. The molecule has 0 bridgehead atoms. The summed E-state index contributed by atoms with van der Waals surface area (Å²) >= 11 is 0. The van der Waals surface area contributed by atoms with Gasteiger partial charge in [0.15, 0.2) is 0 Å². The lowest BCUT2D eigenvalue weighted by molar-refractivity contribution is -0.141. The summed E-state index contributed by atoms with van der Waals surface area (Å²) in [5.41, 5.74) is 8.48. The SMILES string of the molecule is N[C@@H](Cc1ccc(O)cc1)C(=O)N[C@@H](CC(=O)O)C(=O)N[C@@H](Cc1ccc(O)cc1)C(=O)N[C@@H](Cc1c[nH]c2ccccc12)C(=O)NCC(=O)O. The molecule has 0 saturated carbocycles. The third-order valence-electron chi connectivity index (χ3n) is 7.90. The van der Waals surface area contributed by atoms with Crippen LogP contribution >= 0.6 is 0 Å². The summed E-state index contributed by atoms with van der Waals surface area (Å²) in [6, 6.07) is 13.2. The molecule has 4 rings (SSSR count). The molecule has 4 atom stereocenters. The van der Waals surface area contributed by atoms with Crippen molar-refractivity contribution in [1.29, 1.82) is 0 Å². The second-order valence-electron chi connectivity index (χ2n) is 11.8. The molecule has 1 heterocycles. The smallest absolute Gasteiger partial charge is 0.322 e. The molecule has 0 unspecified atom stereocenters. The first kappa shape index (κ1) is 37.4. The Morgan fingerprint density at radius 3 is 1.75 bits per heavy atom. The zero-order valence-electron chi connectivity index (χ0n) is 27.2. The molecule has 4 aromatic rings. The number of carboxylic acids is 2. The van der Waals surface area contributed by atoms with E-state index in [1.807, 2.05) is 12.1 Å². The van der Waals surface area contributed by atoms with Gasteiger partial charge in [0, 0.05) is 29.9 Å². The van der Waals surface area contributed by atoms with E-state index in [9.17, 15) is 44.1 Å². The Labute approximate surface area is 291 Å². The van der Waals surface area contributed by atoms with Gasteiger partial charge in [-0.2, -0.15) is 0 Å². The number of para-hydroxylation sites is 1. The fraction of sp³-hybridized carbons (Fsp3) is 0.257. The number of fused-ring (bicyclic) bond motifs is 1. The highest BCUT2D eigenvalue weighted by Crippen LogP contribution is 2.20. The predicted molar refractivity (Wildman–Crippen MR) is 182 cm³/mol. The summed E-state index contributed by atoms with van der Waals surface area (Å²) in [6.07, 6.45) is 0.523. The lowest BCUT2D eigenvalue weighted by Crippen LogP contribution is -2.59. The Bertz CT molecular complexity index is 1880. The van der Waals surface area contributed by atoms with Gasteiger partial charge < -0.3 is 52.4 Å². The number of hydrogen-bond donors (Lipinski definition) is 10. The molecule has 16 nitrogen and oxygen atoms in total. The third-order valence-corrected chi connectivity index (χ3v) is 7.90. The van der Waals surface area contributed by atoms with Crippen LogP contribution in [-0.2, 0) is 48.0 Å². The van der Waals surface area contributed by atoms with Crippen LogP contribution in [0.4, 0.5) is 0 Å². The minimum Gasteiger partial charge on any atom is -0.508 e. The van der Waals surface area contributed by atoms with Crippen molar-refractivity contribution in [1.82, 2.24) is 26.3 Å². The number of aliphatic carboxylic acids is 2. The lowest BCUT2D eigenvalue weighted by atomic mass is 10.0. The number of H-pyrrole nitrogens is 1. The number of phenols is 2. The largest absolute Gasteiger partial charge is 0.508 e. The number of nitrogens with one attached hydrogen (secondary N) is 5. The molecule has 0 spiro atoms. The second kappa shape index (κ2) is 17.3. The van der Waals surface area contributed by atoms with Gasteiger partial charge in [0.25, 0.3) is 0 Å². The van der Waals surface area contributed by atoms with Crippen LogP contribution in [0.25, 0.3) is 10.9 Å². The Balaban J connectivity index is 1.57. The maximum absolute atomic E-state index is 13.9. The van der Waals surface area contributed by atoms with Gasteiger partial charge in [0.05, 0.1) is 12.5 Å². The standard InChI is InChI=1S/C35H38N6O10/c36-25(13-19-5-9-22(42)10-6-19)32(48)39-29(16-30(44)45)35(51)40-27(14-20-7-11-23(43)12-8-20)34(50)41-28(33(49)38-18-31(46)47)15-21-17-37-26-4-2-1-3-24(21)26/h1-12,17,25,27-29,37,42-43H,13-16,18,36H2,(H,38,49)(H,39,48)(H,40,51)(H,41,50)(H,44,45)(H,46,47)/t25-,27-,28-,29-/m0/s1. The minimum atomic E-state index is -1.67. The molecule has 0 aliphatic rings. The van der Waals surface area contributed by atoms with E-state index in [-0.39, 0.29) is 30.8 Å². The Hall–Kier alpha value is -6.42. The van der Waals surface area contributed by atoms with E-state index in [0.717, 1.165) is 10.9 Å². The van der Waals surface area contributed by atoms with Crippen molar-refractivity contribution >= 4 is 46.5 Å². The van der Waals surface area contributed by atoms with Gasteiger partial charge >= 0.3 is 11.9 Å². The highest BCUT2D eigenvalue weighted by atomic mass is 16.4.